The number of aromatic nitrogens is 2. The first kappa shape index (κ1) is 24.6. The van der Waals surface area contributed by atoms with Gasteiger partial charge in [-0.2, -0.15) is 0 Å². The van der Waals surface area contributed by atoms with E-state index in [0.717, 1.165) is 42.0 Å². The summed E-state index contributed by atoms with van der Waals surface area (Å²) >= 11 is 5.88. The average Bonchev–Trinajstić information content (AvgIpc) is 3.19. The van der Waals surface area contributed by atoms with Gasteiger partial charge in [0.1, 0.15) is 17.3 Å². The number of ether oxygens (including phenoxy) is 2. The molecule has 35 heavy (non-hydrogen) atoms. The van der Waals surface area contributed by atoms with Crippen molar-refractivity contribution >= 4 is 28.5 Å². The quantitative estimate of drug-likeness (QED) is 0.267. The summed E-state index contributed by atoms with van der Waals surface area (Å²) in [6.07, 6.45) is 1.85. The summed E-state index contributed by atoms with van der Waals surface area (Å²) < 4.78 is 13.7. The Morgan fingerprint density at radius 2 is 1.69 bits per heavy atom. The molecule has 0 spiro atoms. The molecule has 6 nitrogen and oxygen atoms in total. The monoisotopic (exact) mass is 491 g/mol. The summed E-state index contributed by atoms with van der Waals surface area (Å²) in [6, 6.07) is 21.2. The number of benzene rings is 3. The topological polar surface area (TPSA) is 65.4 Å². The van der Waals surface area contributed by atoms with Crippen molar-refractivity contribution in [2.45, 2.75) is 39.8 Å². The number of rotatable bonds is 11. The van der Waals surface area contributed by atoms with Gasteiger partial charge in [-0.25, -0.2) is 4.98 Å². The molecule has 4 aromatic rings. The molecule has 1 heterocycles. The molecule has 1 N–H and O–H groups in total. The molecule has 0 aliphatic carbocycles. The van der Waals surface area contributed by atoms with E-state index in [1.54, 1.807) is 24.3 Å². The van der Waals surface area contributed by atoms with E-state index in [4.69, 9.17) is 26.1 Å². The van der Waals surface area contributed by atoms with Crippen LogP contribution in [-0.2, 0) is 17.9 Å². The molecule has 1 aromatic heterocycles. The lowest BCUT2D eigenvalue weighted by Gasteiger charge is -2.12. The van der Waals surface area contributed by atoms with Crippen LogP contribution in [-0.4, -0.2) is 28.7 Å². The minimum atomic E-state index is -0.208. The first-order chi connectivity index (χ1) is 17.0. The number of hydrogen-bond donors (Lipinski definition) is 1. The van der Waals surface area contributed by atoms with Crippen LogP contribution < -0.4 is 14.8 Å². The first-order valence-electron chi connectivity index (χ1n) is 11.8. The Morgan fingerprint density at radius 3 is 2.46 bits per heavy atom. The summed E-state index contributed by atoms with van der Waals surface area (Å²) in [7, 11) is 0. The van der Waals surface area contributed by atoms with Crippen LogP contribution in [0.4, 0.5) is 0 Å². The zero-order chi connectivity index (χ0) is 24.6. The van der Waals surface area contributed by atoms with Crippen molar-refractivity contribution in [2.24, 2.45) is 0 Å². The molecule has 0 unspecified atom stereocenters. The molecule has 182 valence electrons. The fourth-order valence-corrected chi connectivity index (χ4v) is 4.12. The Morgan fingerprint density at radius 1 is 0.943 bits per heavy atom. The van der Waals surface area contributed by atoms with Crippen LogP contribution in [0.25, 0.3) is 11.0 Å². The molecule has 0 bridgehead atoms. The Bertz CT molecular complexity index is 1260. The molecule has 4 rings (SSSR count). The van der Waals surface area contributed by atoms with Crippen LogP contribution in [0, 0.1) is 13.8 Å². The predicted octanol–water partition coefficient (Wildman–Crippen LogP) is 5.86. The molecule has 0 fully saturated rings. The van der Waals surface area contributed by atoms with Crippen LogP contribution in [0.5, 0.6) is 11.5 Å². The molecule has 0 aliphatic heterocycles. The lowest BCUT2D eigenvalue weighted by molar-refractivity contribution is -0.123. The third-order valence-electron chi connectivity index (χ3n) is 5.60. The number of nitrogens with one attached hydrogen (secondary N) is 1. The number of unbranched alkanes of at least 4 members (excludes halogenated alkanes) is 1. The van der Waals surface area contributed by atoms with E-state index in [0.29, 0.717) is 23.9 Å². The molecule has 0 saturated carbocycles. The van der Waals surface area contributed by atoms with Gasteiger partial charge in [-0.3, -0.25) is 4.79 Å². The van der Waals surface area contributed by atoms with Gasteiger partial charge in [-0.1, -0.05) is 29.8 Å². The molecule has 0 saturated heterocycles. The maximum absolute atomic E-state index is 12.3. The number of hydrogen-bond acceptors (Lipinski definition) is 4. The highest BCUT2D eigenvalue weighted by molar-refractivity contribution is 6.30. The van der Waals surface area contributed by atoms with Gasteiger partial charge >= 0.3 is 0 Å². The maximum atomic E-state index is 12.3. The van der Waals surface area contributed by atoms with Gasteiger partial charge in [0.05, 0.1) is 24.2 Å². The third kappa shape index (κ3) is 6.99. The molecule has 1 amide bonds. The van der Waals surface area contributed by atoms with Crippen molar-refractivity contribution in [1.29, 1.82) is 0 Å². The number of amides is 1. The number of halogens is 1. The van der Waals surface area contributed by atoms with Crippen molar-refractivity contribution in [3.05, 3.63) is 88.7 Å². The smallest absolute Gasteiger partial charge is 0.258 e. The Balaban J connectivity index is 1.30. The third-order valence-corrected chi connectivity index (χ3v) is 5.85. The highest BCUT2D eigenvalue weighted by atomic mass is 35.5. The lowest BCUT2D eigenvalue weighted by Crippen LogP contribution is -2.29. The SMILES string of the molecule is Cc1cc(C)cc(OCCCCn2c(CNC(=O)COc3ccc(Cl)cc3)nc3ccccc32)c1. The van der Waals surface area contributed by atoms with E-state index in [1.807, 2.05) is 18.2 Å². The van der Waals surface area contributed by atoms with Gasteiger partial charge in [0.15, 0.2) is 6.61 Å². The molecule has 0 aliphatic rings. The first-order valence-corrected chi connectivity index (χ1v) is 12.2. The van der Waals surface area contributed by atoms with Gasteiger partial charge in [-0.15, -0.1) is 0 Å². The number of carbonyl (C=O) groups is 1. The summed E-state index contributed by atoms with van der Waals surface area (Å²) in [5.41, 5.74) is 4.38. The van der Waals surface area contributed by atoms with Crippen LogP contribution >= 0.6 is 11.6 Å². The second-order valence-corrected chi connectivity index (χ2v) is 9.00. The number of aryl methyl sites for hydroxylation is 3. The highest BCUT2D eigenvalue weighted by Gasteiger charge is 2.12. The van der Waals surface area contributed by atoms with E-state index in [1.165, 1.54) is 11.1 Å². The highest BCUT2D eigenvalue weighted by Crippen LogP contribution is 2.19. The Kier molecular flexibility index (Phi) is 8.27. The molecule has 3 aromatic carbocycles. The van der Waals surface area contributed by atoms with Crippen molar-refractivity contribution in [3.8, 4) is 11.5 Å². The summed E-state index contributed by atoms with van der Waals surface area (Å²) in [5, 5.41) is 3.54. The van der Waals surface area contributed by atoms with Gasteiger partial charge < -0.3 is 19.4 Å². The Hall–Kier alpha value is -3.51. The number of nitrogens with zero attached hydrogens (tertiary/aromatic N) is 2. The number of fused-ring (bicyclic) bond motifs is 1. The molecular formula is C28H30ClN3O3. The van der Waals surface area contributed by atoms with Crippen molar-refractivity contribution in [2.75, 3.05) is 13.2 Å². The van der Waals surface area contributed by atoms with E-state index in [2.05, 4.69) is 48.0 Å². The standard InChI is InChI=1S/C28H30ClN3O3/c1-20-15-21(2)17-24(16-20)34-14-6-5-13-32-26-8-4-3-7-25(26)31-27(32)18-30-28(33)19-35-23-11-9-22(29)10-12-23/h3-4,7-12,15-17H,5-6,13-14,18-19H2,1-2H3,(H,30,33). The fourth-order valence-electron chi connectivity index (χ4n) is 4.00. The van der Waals surface area contributed by atoms with Crippen LogP contribution in [0.1, 0.15) is 29.8 Å². The van der Waals surface area contributed by atoms with E-state index < -0.39 is 0 Å². The summed E-state index contributed by atoms with van der Waals surface area (Å²) in [4.78, 5) is 17.1. The second-order valence-electron chi connectivity index (χ2n) is 8.57. The minimum Gasteiger partial charge on any atom is -0.494 e. The predicted molar refractivity (Wildman–Crippen MR) is 139 cm³/mol. The Labute approximate surface area is 210 Å². The number of para-hydroxylation sites is 2. The molecular weight excluding hydrogens is 462 g/mol. The fraction of sp³-hybridized carbons (Fsp3) is 0.286. The summed E-state index contributed by atoms with van der Waals surface area (Å²) in [6.45, 7) is 5.86. The van der Waals surface area contributed by atoms with Crippen molar-refractivity contribution in [3.63, 3.8) is 0 Å². The largest absolute Gasteiger partial charge is 0.494 e. The van der Waals surface area contributed by atoms with Crippen LogP contribution in [0.15, 0.2) is 66.7 Å². The lowest BCUT2D eigenvalue weighted by atomic mass is 10.1. The average molecular weight is 492 g/mol. The normalized spacial score (nSPS) is 10.9. The van der Waals surface area contributed by atoms with E-state index in [9.17, 15) is 4.79 Å². The summed E-state index contributed by atoms with van der Waals surface area (Å²) in [5.74, 6) is 2.13. The van der Waals surface area contributed by atoms with E-state index >= 15 is 0 Å². The zero-order valence-electron chi connectivity index (χ0n) is 20.1. The molecule has 7 heteroatoms. The molecule has 0 atom stereocenters. The second kappa shape index (κ2) is 11.8. The maximum Gasteiger partial charge on any atom is 0.258 e. The minimum absolute atomic E-state index is 0.0718. The molecule has 0 radical (unpaired) electrons. The van der Waals surface area contributed by atoms with Crippen molar-refractivity contribution < 1.29 is 14.3 Å². The number of carbonyl (C=O) groups excluding carboxylic acids is 1. The van der Waals surface area contributed by atoms with Gasteiger partial charge in [0.2, 0.25) is 0 Å². The van der Waals surface area contributed by atoms with E-state index in [-0.39, 0.29) is 12.5 Å². The number of imidazole rings is 1. The van der Waals surface area contributed by atoms with Gasteiger partial charge in [-0.05, 0) is 86.3 Å². The zero-order valence-corrected chi connectivity index (χ0v) is 20.8. The van der Waals surface area contributed by atoms with Crippen LogP contribution in [0.2, 0.25) is 5.02 Å². The van der Waals surface area contributed by atoms with Crippen molar-refractivity contribution in [1.82, 2.24) is 14.9 Å². The van der Waals surface area contributed by atoms with Gasteiger partial charge in [0, 0.05) is 11.6 Å². The van der Waals surface area contributed by atoms with Gasteiger partial charge in [0.25, 0.3) is 5.91 Å². The van der Waals surface area contributed by atoms with Crippen LogP contribution in [0.3, 0.4) is 0 Å².